The SMILES string of the molecule is CC(C)[C@]1(C(=O)NCc2cc(C(F)(F)F)cc(C(F)(F)F)c2)CC[C@@H](NCCCc2ccccc2)C1. The van der Waals surface area contributed by atoms with Gasteiger partial charge in [-0.1, -0.05) is 44.2 Å². The molecule has 2 N–H and O–H groups in total. The first-order chi connectivity index (χ1) is 16.8. The first-order valence-electron chi connectivity index (χ1n) is 12.2. The summed E-state index contributed by atoms with van der Waals surface area (Å²) in [4.78, 5) is 13.2. The summed E-state index contributed by atoms with van der Waals surface area (Å²) in [5.74, 6) is -0.377. The first kappa shape index (κ1) is 28.0. The molecule has 0 spiro atoms. The van der Waals surface area contributed by atoms with Gasteiger partial charge < -0.3 is 10.6 Å². The molecular weight excluding hydrogens is 482 g/mol. The van der Waals surface area contributed by atoms with E-state index < -0.39 is 35.4 Å². The van der Waals surface area contributed by atoms with E-state index in [1.54, 1.807) is 0 Å². The normalized spacial score (nSPS) is 20.6. The first-order valence-corrected chi connectivity index (χ1v) is 12.2. The van der Waals surface area contributed by atoms with E-state index in [0.29, 0.717) is 25.0 Å². The number of benzene rings is 2. The molecule has 0 bridgehead atoms. The second kappa shape index (κ2) is 11.2. The second-order valence-corrected chi connectivity index (χ2v) is 9.89. The Balaban J connectivity index is 1.62. The van der Waals surface area contributed by atoms with Gasteiger partial charge in [-0.15, -0.1) is 0 Å². The van der Waals surface area contributed by atoms with Gasteiger partial charge in [-0.05, 0) is 73.9 Å². The number of carbonyl (C=O) groups is 1. The predicted octanol–water partition coefficient (Wildman–Crippen LogP) is 6.76. The molecule has 0 unspecified atom stereocenters. The summed E-state index contributed by atoms with van der Waals surface area (Å²) in [5, 5.41) is 6.14. The molecule has 0 aromatic heterocycles. The Hall–Kier alpha value is -2.55. The van der Waals surface area contributed by atoms with Crippen LogP contribution in [0.25, 0.3) is 0 Å². The Morgan fingerprint density at radius 2 is 1.58 bits per heavy atom. The van der Waals surface area contributed by atoms with Crippen molar-refractivity contribution in [2.75, 3.05) is 6.54 Å². The third kappa shape index (κ3) is 7.02. The van der Waals surface area contributed by atoms with Crippen LogP contribution in [-0.2, 0) is 30.1 Å². The third-order valence-electron chi connectivity index (χ3n) is 7.13. The Kier molecular flexibility index (Phi) is 8.75. The van der Waals surface area contributed by atoms with Gasteiger partial charge in [0.25, 0.3) is 0 Å². The van der Waals surface area contributed by atoms with Gasteiger partial charge in [0, 0.05) is 12.6 Å². The van der Waals surface area contributed by atoms with Crippen molar-refractivity contribution < 1.29 is 31.1 Å². The second-order valence-electron chi connectivity index (χ2n) is 9.89. The van der Waals surface area contributed by atoms with E-state index in [0.717, 1.165) is 25.8 Å². The zero-order valence-corrected chi connectivity index (χ0v) is 20.4. The van der Waals surface area contributed by atoms with Crippen LogP contribution in [0.2, 0.25) is 0 Å². The van der Waals surface area contributed by atoms with Crippen LogP contribution < -0.4 is 10.6 Å². The number of rotatable bonds is 9. The molecule has 1 amide bonds. The van der Waals surface area contributed by atoms with Crippen molar-refractivity contribution in [2.24, 2.45) is 11.3 Å². The number of nitrogens with one attached hydrogen (secondary N) is 2. The van der Waals surface area contributed by atoms with Crippen LogP contribution in [0.5, 0.6) is 0 Å². The Labute approximate surface area is 207 Å². The van der Waals surface area contributed by atoms with Crippen molar-refractivity contribution >= 4 is 5.91 Å². The smallest absolute Gasteiger partial charge is 0.352 e. The van der Waals surface area contributed by atoms with Crippen LogP contribution >= 0.6 is 0 Å². The third-order valence-corrected chi connectivity index (χ3v) is 7.13. The summed E-state index contributed by atoms with van der Waals surface area (Å²) in [5.41, 5.74) is -2.49. The van der Waals surface area contributed by atoms with Crippen molar-refractivity contribution in [2.45, 2.75) is 70.9 Å². The molecule has 0 aliphatic heterocycles. The highest BCUT2D eigenvalue weighted by Gasteiger charge is 2.47. The quantitative estimate of drug-likeness (QED) is 0.287. The van der Waals surface area contributed by atoms with Gasteiger partial charge in [0.1, 0.15) is 0 Å². The summed E-state index contributed by atoms with van der Waals surface area (Å²) in [7, 11) is 0. The molecule has 1 saturated carbocycles. The van der Waals surface area contributed by atoms with Gasteiger partial charge in [0.2, 0.25) is 5.91 Å². The zero-order valence-electron chi connectivity index (χ0n) is 20.4. The molecule has 0 radical (unpaired) electrons. The standard InChI is InChI=1S/C27H32F6N2O/c1-18(2)25(11-10-23(16-25)34-12-6-9-19-7-4-3-5-8-19)24(36)35-17-20-13-21(26(28,29)30)15-22(14-20)27(31,32)33/h3-5,7-8,13-15,18,23,34H,6,9-12,16-17H2,1-2H3,(H,35,36)/t23-,25+/m1/s1. The molecule has 1 aliphatic rings. The lowest BCUT2D eigenvalue weighted by molar-refractivity contribution is -0.143. The van der Waals surface area contributed by atoms with Crippen LogP contribution in [0.4, 0.5) is 26.3 Å². The lowest BCUT2D eigenvalue weighted by atomic mass is 9.74. The average Bonchev–Trinajstić information content (AvgIpc) is 3.25. The van der Waals surface area contributed by atoms with Gasteiger partial charge in [-0.25, -0.2) is 0 Å². The molecule has 0 heterocycles. The van der Waals surface area contributed by atoms with Crippen LogP contribution in [0, 0.1) is 11.3 Å². The molecule has 198 valence electrons. The number of hydrogen-bond acceptors (Lipinski definition) is 2. The lowest BCUT2D eigenvalue weighted by Gasteiger charge is -2.32. The van der Waals surface area contributed by atoms with Gasteiger partial charge in [-0.3, -0.25) is 4.79 Å². The van der Waals surface area contributed by atoms with Crippen molar-refractivity contribution in [1.82, 2.24) is 10.6 Å². The largest absolute Gasteiger partial charge is 0.416 e. The number of hydrogen-bond donors (Lipinski definition) is 2. The topological polar surface area (TPSA) is 41.1 Å². The molecule has 1 fully saturated rings. The fourth-order valence-electron chi connectivity index (χ4n) is 4.97. The molecular formula is C27H32F6N2O. The molecule has 2 atom stereocenters. The van der Waals surface area contributed by atoms with E-state index in [-0.39, 0.29) is 29.5 Å². The van der Waals surface area contributed by atoms with Crippen molar-refractivity contribution in [3.8, 4) is 0 Å². The van der Waals surface area contributed by atoms with Crippen molar-refractivity contribution in [1.29, 1.82) is 0 Å². The molecule has 3 rings (SSSR count). The fraction of sp³-hybridized carbons (Fsp3) is 0.519. The maximum atomic E-state index is 13.2. The molecule has 3 nitrogen and oxygen atoms in total. The minimum Gasteiger partial charge on any atom is -0.352 e. The maximum absolute atomic E-state index is 13.2. The highest BCUT2D eigenvalue weighted by molar-refractivity contribution is 5.83. The van der Waals surface area contributed by atoms with E-state index in [9.17, 15) is 31.1 Å². The van der Waals surface area contributed by atoms with E-state index in [1.807, 2.05) is 32.0 Å². The summed E-state index contributed by atoms with van der Waals surface area (Å²) in [6, 6.07) is 11.6. The lowest BCUT2D eigenvalue weighted by Crippen LogP contribution is -2.44. The minimum absolute atomic E-state index is 0.0409. The van der Waals surface area contributed by atoms with E-state index in [1.165, 1.54) is 5.56 Å². The molecule has 2 aromatic rings. The number of amides is 1. The number of halogens is 6. The molecule has 1 aliphatic carbocycles. The predicted molar refractivity (Wildman–Crippen MR) is 126 cm³/mol. The van der Waals surface area contributed by atoms with Crippen LogP contribution in [0.3, 0.4) is 0 Å². The van der Waals surface area contributed by atoms with Crippen molar-refractivity contribution in [3.05, 3.63) is 70.8 Å². The average molecular weight is 515 g/mol. The van der Waals surface area contributed by atoms with E-state index in [2.05, 4.69) is 22.8 Å². The Morgan fingerprint density at radius 3 is 2.14 bits per heavy atom. The van der Waals surface area contributed by atoms with E-state index in [4.69, 9.17) is 0 Å². The van der Waals surface area contributed by atoms with E-state index >= 15 is 0 Å². The van der Waals surface area contributed by atoms with Gasteiger partial charge in [0.15, 0.2) is 0 Å². The highest BCUT2D eigenvalue weighted by atomic mass is 19.4. The number of aryl methyl sites for hydroxylation is 1. The Morgan fingerprint density at radius 1 is 0.972 bits per heavy atom. The maximum Gasteiger partial charge on any atom is 0.416 e. The summed E-state index contributed by atoms with van der Waals surface area (Å²) in [6.45, 7) is 4.22. The number of alkyl halides is 6. The summed E-state index contributed by atoms with van der Waals surface area (Å²) >= 11 is 0. The molecule has 2 aromatic carbocycles. The molecule has 9 heteroatoms. The van der Waals surface area contributed by atoms with Gasteiger partial charge >= 0.3 is 12.4 Å². The number of carbonyl (C=O) groups excluding carboxylic acids is 1. The molecule has 0 saturated heterocycles. The summed E-state index contributed by atoms with van der Waals surface area (Å²) < 4.78 is 78.9. The molecule has 36 heavy (non-hydrogen) atoms. The summed E-state index contributed by atoms with van der Waals surface area (Å²) in [6.07, 6.45) is -6.03. The Bertz CT molecular complexity index is 987. The zero-order chi connectivity index (χ0) is 26.6. The minimum atomic E-state index is -4.93. The highest BCUT2D eigenvalue weighted by Crippen LogP contribution is 2.45. The van der Waals surface area contributed by atoms with Gasteiger partial charge in [-0.2, -0.15) is 26.3 Å². The van der Waals surface area contributed by atoms with Gasteiger partial charge in [0.05, 0.1) is 16.5 Å². The van der Waals surface area contributed by atoms with Crippen LogP contribution in [0.15, 0.2) is 48.5 Å². The fourth-order valence-corrected chi connectivity index (χ4v) is 4.97. The monoisotopic (exact) mass is 514 g/mol. The van der Waals surface area contributed by atoms with Crippen LogP contribution in [0.1, 0.15) is 61.8 Å². The van der Waals surface area contributed by atoms with Crippen molar-refractivity contribution in [3.63, 3.8) is 0 Å². The van der Waals surface area contributed by atoms with Crippen LogP contribution in [-0.4, -0.2) is 18.5 Å².